The quantitative estimate of drug-likeness (QED) is 0.743. The number of carbonyl (C=O) groups excluding carboxylic acids is 1. The van der Waals surface area contributed by atoms with Gasteiger partial charge in [-0.2, -0.15) is 9.40 Å². The zero-order valence-electron chi connectivity index (χ0n) is 17.4. The SMILES string of the molecule is COc1ccc(C)cc1NC(=O)CCn1nc(C)c(S(=O)(=O)N2CCCC2)c1C. The number of methoxy groups -OCH3 is 1. The molecule has 1 N–H and O–H groups in total. The summed E-state index contributed by atoms with van der Waals surface area (Å²) in [4.78, 5) is 12.7. The maximum atomic E-state index is 13.0. The number of sulfonamides is 1. The Bertz CT molecular complexity index is 1010. The summed E-state index contributed by atoms with van der Waals surface area (Å²) < 4.78 is 34.3. The van der Waals surface area contributed by atoms with Crippen molar-refractivity contribution in [1.82, 2.24) is 14.1 Å². The highest BCUT2D eigenvalue weighted by atomic mass is 32.2. The summed E-state index contributed by atoms with van der Waals surface area (Å²) >= 11 is 0. The second-order valence-corrected chi connectivity index (χ2v) is 9.21. The Kier molecular flexibility index (Phi) is 6.28. The predicted molar refractivity (Wildman–Crippen MR) is 111 cm³/mol. The Morgan fingerprint density at radius 1 is 1.21 bits per heavy atom. The molecule has 0 radical (unpaired) electrons. The Morgan fingerprint density at radius 3 is 2.55 bits per heavy atom. The number of aryl methyl sites for hydroxylation is 3. The second kappa shape index (κ2) is 8.54. The Labute approximate surface area is 171 Å². The van der Waals surface area contributed by atoms with E-state index < -0.39 is 10.0 Å². The molecule has 0 bridgehead atoms. The summed E-state index contributed by atoms with van der Waals surface area (Å²) in [5.41, 5.74) is 2.66. The summed E-state index contributed by atoms with van der Waals surface area (Å²) in [6.07, 6.45) is 1.93. The van der Waals surface area contributed by atoms with Crippen molar-refractivity contribution in [2.45, 2.75) is 51.5 Å². The molecule has 0 atom stereocenters. The monoisotopic (exact) mass is 420 g/mol. The van der Waals surface area contributed by atoms with Crippen molar-refractivity contribution in [1.29, 1.82) is 0 Å². The molecular formula is C20H28N4O4S. The number of nitrogens with one attached hydrogen (secondary N) is 1. The van der Waals surface area contributed by atoms with Gasteiger partial charge in [-0.3, -0.25) is 9.48 Å². The summed E-state index contributed by atoms with van der Waals surface area (Å²) in [6, 6.07) is 5.56. The van der Waals surface area contributed by atoms with Gasteiger partial charge in [0.15, 0.2) is 0 Å². The molecule has 29 heavy (non-hydrogen) atoms. The molecule has 1 amide bonds. The van der Waals surface area contributed by atoms with Crippen molar-refractivity contribution in [3.63, 3.8) is 0 Å². The van der Waals surface area contributed by atoms with Gasteiger partial charge in [-0.05, 0) is 51.3 Å². The lowest BCUT2D eigenvalue weighted by molar-refractivity contribution is -0.116. The van der Waals surface area contributed by atoms with Gasteiger partial charge in [0.1, 0.15) is 10.6 Å². The first-order chi connectivity index (χ1) is 13.7. The number of hydrogen-bond donors (Lipinski definition) is 1. The molecule has 0 aliphatic carbocycles. The average Bonchev–Trinajstić information content (AvgIpc) is 3.29. The molecule has 3 rings (SSSR count). The Balaban J connectivity index is 1.72. The lowest BCUT2D eigenvalue weighted by atomic mass is 10.2. The predicted octanol–water partition coefficient (Wildman–Crippen LogP) is 2.63. The lowest BCUT2D eigenvalue weighted by Crippen LogP contribution is -2.28. The van der Waals surface area contributed by atoms with Crippen LogP contribution in [0.1, 0.15) is 36.2 Å². The van der Waals surface area contributed by atoms with Gasteiger partial charge in [0.25, 0.3) is 0 Å². The third-order valence-corrected chi connectivity index (χ3v) is 7.31. The van der Waals surface area contributed by atoms with Crippen LogP contribution in [0.25, 0.3) is 0 Å². The van der Waals surface area contributed by atoms with E-state index in [4.69, 9.17) is 4.74 Å². The van der Waals surface area contributed by atoms with Crippen molar-refractivity contribution in [3.05, 3.63) is 35.2 Å². The van der Waals surface area contributed by atoms with Gasteiger partial charge in [0.05, 0.1) is 30.7 Å². The maximum Gasteiger partial charge on any atom is 0.246 e. The van der Waals surface area contributed by atoms with Crippen LogP contribution >= 0.6 is 0 Å². The van der Waals surface area contributed by atoms with Gasteiger partial charge in [0.2, 0.25) is 15.9 Å². The highest BCUT2D eigenvalue weighted by molar-refractivity contribution is 7.89. The second-order valence-electron chi connectivity index (χ2n) is 7.34. The minimum absolute atomic E-state index is 0.169. The minimum Gasteiger partial charge on any atom is -0.495 e. The van der Waals surface area contributed by atoms with Crippen LogP contribution in [0.3, 0.4) is 0 Å². The Hall–Kier alpha value is -2.39. The van der Waals surface area contributed by atoms with E-state index in [9.17, 15) is 13.2 Å². The highest BCUT2D eigenvalue weighted by Gasteiger charge is 2.32. The van der Waals surface area contributed by atoms with Crippen LogP contribution in [0.4, 0.5) is 5.69 Å². The fourth-order valence-electron chi connectivity index (χ4n) is 3.67. The molecule has 1 aromatic carbocycles. The minimum atomic E-state index is -3.55. The molecule has 1 saturated heterocycles. The third-order valence-electron chi connectivity index (χ3n) is 5.16. The number of carbonyl (C=O) groups is 1. The molecule has 1 aromatic heterocycles. The number of aromatic nitrogens is 2. The summed E-state index contributed by atoms with van der Waals surface area (Å²) in [6.45, 7) is 6.77. The smallest absolute Gasteiger partial charge is 0.246 e. The molecule has 2 heterocycles. The van der Waals surface area contributed by atoms with Gasteiger partial charge in [-0.15, -0.1) is 0 Å². The number of ether oxygens (including phenoxy) is 1. The molecule has 8 nitrogen and oxygen atoms in total. The van der Waals surface area contributed by atoms with Crippen molar-refractivity contribution in [2.75, 3.05) is 25.5 Å². The molecule has 1 aliphatic rings. The average molecular weight is 421 g/mol. The summed E-state index contributed by atoms with van der Waals surface area (Å²) in [5, 5.41) is 7.24. The fraction of sp³-hybridized carbons (Fsp3) is 0.500. The molecule has 0 saturated carbocycles. The van der Waals surface area contributed by atoms with E-state index >= 15 is 0 Å². The van der Waals surface area contributed by atoms with Crippen molar-refractivity contribution in [2.24, 2.45) is 0 Å². The van der Waals surface area contributed by atoms with E-state index in [0.717, 1.165) is 18.4 Å². The van der Waals surface area contributed by atoms with Gasteiger partial charge in [-0.1, -0.05) is 6.07 Å². The lowest BCUT2D eigenvalue weighted by Gasteiger charge is -2.15. The molecule has 1 fully saturated rings. The van der Waals surface area contributed by atoms with Gasteiger partial charge < -0.3 is 10.1 Å². The number of anilines is 1. The zero-order chi connectivity index (χ0) is 21.2. The highest BCUT2D eigenvalue weighted by Crippen LogP contribution is 2.27. The molecule has 0 unspecified atom stereocenters. The van der Waals surface area contributed by atoms with E-state index in [1.54, 1.807) is 31.7 Å². The number of benzene rings is 1. The van der Waals surface area contributed by atoms with E-state index in [-0.39, 0.29) is 17.2 Å². The van der Waals surface area contributed by atoms with E-state index in [1.807, 2.05) is 19.1 Å². The first-order valence-corrected chi connectivity index (χ1v) is 11.2. The Morgan fingerprint density at radius 2 is 1.90 bits per heavy atom. The van der Waals surface area contributed by atoms with Crippen LogP contribution < -0.4 is 10.1 Å². The van der Waals surface area contributed by atoms with Crippen LogP contribution in [-0.2, 0) is 21.4 Å². The van der Waals surface area contributed by atoms with E-state index in [0.29, 0.717) is 42.5 Å². The topological polar surface area (TPSA) is 93.5 Å². The van der Waals surface area contributed by atoms with Crippen LogP contribution in [0.5, 0.6) is 5.75 Å². The first kappa shape index (κ1) is 21.3. The third kappa shape index (κ3) is 4.45. The van der Waals surface area contributed by atoms with E-state index in [1.165, 1.54) is 4.31 Å². The number of nitrogens with zero attached hydrogens (tertiary/aromatic N) is 3. The van der Waals surface area contributed by atoms with Crippen LogP contribution in [0.15, 0.2) is 23.1 Å². The molecule has 0 spiro atoms. The van der Waals surface area contributed by atoms with Crippen molar-refractivity contribution in [3.8, 4) is 5.75 Å². The molecule has 158 valence electrons. The fourth-order valence-corrected chi connectivity index (χ4v) is 5.56. The first-order valence-electron chi connectivity index (χ1n) is 9.72. The van der Waals surface area contributed by atoms with Crippen LogP contribution in [0.2, 0.25) is 0 Å². The number of hydrogen-bond acceptors (Lipinski definition) is 5. The van der Waals surface area contributed by atoms with Crippen LogP contribution in [0, 0.1) is 20.8 Å². The molecular weight excluding hydrogens is 392 g/mol. The normalized spacial score (nSPS) is 14.9. The zero-order valence-corrected chi connectivity index (χ0v) is 18.2. The maximum absolute atomic E-state index is 13.0. The van der Waals surface area contributed by atoms with Crippen molar-refractivity contribution < 1.29 is 17.9 Å². The molecule has 9 heteroatoms. The number of rotatable bonds is 7. The van der Waals surface area contributed by atoms with Crippen LogP contribution in [-0.4, -0.2) is 48.6 Å². The summed E-state index contributed by atoms with van der Waals surface area (Å²) in [5.74, 6) is 0.402. The number of amides is 1. The largest absolute Gasteiger partial charge is 0.495 e. The van der Waals surface area contributed by atoms with Gasteiger partial charge in [-0.25, -0.2) is 8.42 Å². The van der Waals surface area contributed by atoms with Crippen molar-refractivity contribution >= 4 is 21.6 Å². The standard InChI is InChI=1S/C20H28N4O4S/c1-14-7-8-18(28-4)17(13-14)21-19(25)9-12-24-16(3)20(15(2)22-24)29(26,27)23-10-5-6-11-23/h7-8,13H,5-6,9-12H2,1-4H3,(H,21,25). The molecule has 2 aromatic rings. The summed E-state index contributed by atoms with van der Waals surface area (Å²) in [7, 11) is -1.99. The molecule has 1 aliphatic heterocycles. The van der Waals surface area contributed by atoms with Gasteiger partial charge in [0, 0.05) is 19.5 Å². The van der Waals surface area contributed by atoms with E-state index in [2.05, 4.69) is 10.4 Å². The van der Waals surface area contributed by atoms with Gasteiger partial charge >= 0.3 is 0 Å².